The molecule has 0 saturated carbocycles. The van der Waals surface area contributed by atoms with Gasteiger partial charge in [-0.15, -0.1) is 0 Å². The first-order valence-corrected chi connectivity index (χ1v) is 25.7. The summed E-state index contributed by atoms with van der Waals surface area (Å²) in [7, 11) is 0. The van der Waals surface area contributed by atoms with Gasteiger partial charge in [-0.3, -0.25) is 0 Å². The Hall–Kier alpha value is -6.64. The van der Waals surface area contributed by atoms with Crippen LogP contribution in [0.1, 0.15) is 146 Å². The Labute approximate surface area is 433 Å². The van der Waals surface area contributed by atoms with E-state index in [-0.39, 0.29) is 28.3 Å². The molecule has 2 heteroatoms. The van der Waals surface area contributed by atoms with Crippen molar-refractivity contribution in [2.24, 2.45) is 0 Å². The molecule has 2 nitrogen and oxygen atoms in total. The molecule has 2 aliphatic carbocycles. The van der Waals surface area contributed by atoms with Gasteiger partial charge in [0.1, 0.15) is 0 Å². The van der Waals surface area contributed by atoms with Crippen LogP contribution in [-0.4, -0.2) is 11.1 Å². The van der Waals surface area contributed by atoms with Crippen molar-refractivity contribution in [1.29, 1.82) is 0 Å². The predicted octanol–water partition coefficient (Wildman–Crippen LogP) is 19.5. The fraction of sp³-hybridized carbons (Fsp3) is 0.304. The topological polar surface area (TPSA) is 6.48 Å². The summed E-state index contributed by atoms with van der Waals surface area (Å²) in [5, 5.41) is 0. The molecule has 2 aliphatic rings. The van der Waals surface area contributed by atoms with Crippen LogP contribution >= 0.6 is 0 Å². The van der Waals surface area contributed by atoms with Gasteiger partial charge >= 0.3 is 0 Å². The largest absolute Gasteiger partial charge is 0.335 e. The van der Waals surface area contributed by atoms with Crippen LogP contribution in [0.15, 0.2) is 170 Å². The minimum atomic E-state index is -2.26. The van der Waals surface area contributed by atoms with Gasteiger partial charge in [0, 0.05) is 50.1 Å². The first-order chi connectivity index (χ1) is 35.2. The third-order valence-corrected chi connectivity index (χ3v) is 15.1. The maximum atomic E-state index is 8.84. The highest BCUT2D eigenvalue weighted by atomic mass is 15.2. The zero-order valence-electron chi connectivity index (χ0n) is 48.7. The van der Waals surface area contributed by atoms with Crippen molar-refractivity contribution in [3.8, 4) is 44.5 Å². The van der Waals surface area contributed by atoms with Crippen LogP contribution in [0.5, 0.6) is 0 Å². The average molecular weight is 937 g/mol. The second kappa shape index (κ2) is 18.5. The third kappa shape index (κ3) is 8.72. The number of benzene rings is 8. The van der Waals surface area contributed by atoms with Gasteiger partial charge in [0.25, 0.3) is 0 Å². The second-order valence-electron chi connectivity index (χ2n) is 23.1. The molecule has 0 amide bonds. The first kappa shape index (κ1) is 44.3. The van der Waals surface area contributed by atoms with Crippen molar-refractivity contribution in [1.82, 2.24) is 0 Å². The number of rotatable bonds is 8. The highest BCUT2D eigenvalue weighted by molar-refractivity contribution is 5.92. The molecule has 362 valence electrons. The van der Waals surface area contributed by atoms with E-state index in [1.807, 2.05) is 37.3 Å². The quantitative estimate of drug-likeness (QED) is 0.150. The number of fused-ring (bicyclic) bond motifs is 6. The fourth-order valence-electron chi connectivity index (χ4n) is 11.7. The molecule has 0 aliphatic heterocycles. The van der Waals surface area contributed by atoms with E-state index in [0.717, 1.165) is 50.4 Å². The Morgan fingerprint density at radius 3 is 1.41 bits per heavy atom. The number of nitrogens with zero attached hydrogens (tertiary/aromatic N) is 2. The van der Waals surface area contributed by atoms with E-state index in [4.69, 9.17) is 5.48 Å². The third-order valence-electron chi connectivity index (χ3n) is 15.1. The van der Waals surface area contributed by atoms with Gasteiger partial charge in [0.05, 0.1) is 0 Å². The molecule has 0 N–H and O–H groups in total. The predicted molar refractivity (Wildman–Crippen MR) is 308 cm³/mol. The normalized spacial score (nSPS) is 15.4. The summed E-state index contributed by atoms with van der Waals surface area (Å²) in [6, 6.07) is 60.0. The standard InChI is InChI=1S/C36H41N.C33H35N/c1-9-25-19-20-27(26-15-11-10-12-16-26)23-32(25)37(35(4,5)6)34-28(24(2)3)21-22-30-29-17-13-14-18-31(29)36(7,8)33(30)34;1-22-17-19-25(24-13-9-8-10-14-24)21-29(22)34(32(3,4)5)31-23(2)18-20-27-26-15-11-12-16-28(26)33(6,7)30(27)31/h10-24H,9H2,1-8H3;8-21H,1-7H3/i9D;2D3. The Morgan fingerprint density at radius 1 is 0.479 bits per heavy atom. The van der Waals surface area contributed by atoms with E-state index in [2.05, 4.69) is 239 Å². The summed E-state index contributed by atoms with van der Waals surface area (Å²) >= 11 is 0. The summed E-state index contributed by atoms with van der Waals surface area (Å²) in [4.78, 5) is 4.84. The minimum absolute atomic E-state index is 0.139. The number of anilines is 4. The summed E-state index contributed by atoms with van der Waals surface area (Å²) in [6.45, 7) is 29.0. The molecule has 0 aromatic heterocycles. The number of hydrogen-bond donors (Lipinski definition) is 0. The Kier molecular flexibility index (Phi) is 11.6. The Bertz CT molecular complexity index is 3400. The van der Waals surface area contributed by atoms with Crippen molar-refractivity contribution < 1.29 is 5.48 Å². The SMILES string of the molecule is [2H]C(C)c1ccc(-c2ccccc2)cc1N(c1c(C(C)C)ccc2c1C(C)(C)c1ccccc1-2)C(C)(C)C.[2H]C([2H])([2H])c1ccc2c(c1N(c1cc(-c3ccccc3)ccc1C)C(C)(C)C)C(C)(C)c1ccccc1-2. The van der Waals surface area contributed by atoms with Gasteiger partial charge in [0.2, 0.25) is 0 Å². The van der Waals surface area contributed by atoms with Crippen molar-refractivity contribution in [3.63, 3.8) is 0 Å². The van der Waals surface area contributed by atoms with Gasteiger partial charge in [0.15, 0.2) is 0 Å². The lowest BCUT2D eigenvalue weighted by atomic mass is 9.78. The van der Waals surface area contributed by atoms with Crippen molar-refractivity contribution >= 4 is 22.7 Å². The van der Waals surface area contributed by atoms with Crippen LogP contribution in [0, 0.1) is 13.8 Å². The van der Waals surface area contributed by atoms with Crippen LogP contribution in [0.4, 0.5) is 22.7 Å². The van der Waals surface area contributed by atoms with Gasteiger partial charge in [-0.05, 0) is 169 Å². The summed E-state index contributed by atoms with van der Waals surface area (Å²) in [5.74, 6) is 0.355. The summed E-state index contributed by atoms with van der Waals surface area (Å²) in [6.07, 6.45) is -0.343. The van der Waals surface area contributed by atoms with Crippen LogP contribution in [0.25, 0.3) is 44.5 Å². The maximum absolute atomic E-state index is 8.84. The van der Waals surface area contributed by atoms with Gasteiger partial charge in [-0.2, -0.15) is 0 Å². The molecule has 8 aromatic carbocycles. The summed E-state index contributed by atoms with van der Waals surface area (Å²) < 4.78 is 34.5. The summed E-state index contributed by atoms with van der Waals surface area (Å²) in [5.41, 5.74) is 21.8. The Morgan fingerprint density at radius 2 is 0.915 bits per heavy atom. The number of hydrogen-bond acceptors (Lipinski definition) is 2. The van der Waals surface area contributed by atoms with Crippen LogP contribution in [-0.2, 0) is 17.2 Å². The molecular formula is C69H76N2. The lowest BCUT2D eigenvalue weighted by Crippen LogP contribution is -2.40. The minimum Gasteiger partial charge on any atom is -0.335 e. The number of aryl methyl sites for hydroxylation is 3. The molecule has 0 heterocycles. The van der Waals surface area contributed by atoms with Crippen LogP contribution in [0.2, 0.25) is 0 Å². The van der Waals surface area contributed by atoms with E-state index in [0.29, 0.717) is 11.5 Å². The zero-order valence-corrected chi connectivity index (χ0v) is 44.7. The molecule has 0 spiro atoms. The van der Waals surface area contributed by atoms with Crippen molar-refractivity contribution in [3.05, 3.63) is 214 Å². The Balaban J connectivity index is 0.000000184. The molecule has 0 fully saturated rings. The van der Waals surface area contributed by atoms with E-state index >= 15 is 0 Å². The smallest absolute Gasteiger partial charge is 0.0498 e. The molecule has 0 radical (unpaired) electrons. The van der Waals surface area contributed by atoms with Crippen LogP contribution < -0.4 is 9.80 Å². The lowest BCUT2D eigenvalue weighted by Gasteiger charge is -2.43. The van der Waals surface area contributed by atoms with Crippen molar-refractivity contribution in [2.75, 3.05) is 9.80 Å². The molecule has 1 unspecified atom stereocenters. The second-order valence-corrected chi connectivity index (χ2v) is 23.1. The van der Waals surface area contributed by atoms with Gasteiger partial charge in [-0.25, -0.2) is 0 Å². The van der Waals surface area contributed by atoms with Crippen LogP contribution in [0.3, 0.4) is 0 Å². The molecule has 10 rings (SSSR count). The highest BCUT2D eigenvalue weighted by Gasteiger charge is 2.43. The van der Waals surface area contributed by atoms with Crippen molar-refractivity contribution in [2.45, 2.75) is 138 Å². The molecule has 71 heavy (non-hydrogen) atoms. The maximum Gasteiger partial charge on any atom is 0.0498 e. The van der Waals surface area contributed by atoms with E-state index in [1.165, 1.54) is 55.8 Å². The monoisotopic (exact) mass is 937 g/mol. The van der Waals surface area contributed by atoms with E-state index in [1.54, 1.807) is 0 Å². The average Bonchev–Trinajstić information content (AvgIpc) is 3.74. The molecular weight excluding hydrogens is 857 g/mol. The zero-order chi connectivity index (χ0) is 54.2. The lowest BCUT2D eigenvalue weighted by molar-refractivity contribution is 0.548. The van der Waals surface area contributed by atoms with E-state index < -0.39 is 6.85 Å². The fourth-order valence-corrected chi connectivity index (χ4v) is 11.7. The molecule has 0 bridgehead atoms. The van der Waals surface area contributed by atoms with Gasteiger partial charge < -0.3 is 9.80 Å². The van der Waals surface area contributed by atoms with Gasteiger partial charge in [-0.1, -0.05) is 206 Å². The molecule has 0 saturated heterocycles. The molecule has 8 aromatic rings. The van der Waals surface area contributed by atoms with E-state index in [9.17, 15) is 0 Å². The highest BCUT2D eigenvalue weighted by Crippen LogP contribution is 2.58. The molecule has 1 atom stereocenters. The first-order valence-electron chi connectivity index (χ1n) is 27.8.